The molecule has 6 nitrogen and oxygen atoms in total. The first-order valence-electron chi connectivity index (χ1n) is 9.31. The van der Waals surface area contributed by atoms with Crippen molar-refractivity contribution in [2.45, 2.75) is 25.3 Å². The number of benzene rings is 1. The maximum Gasteiger partial charge on any atom is 0.144 e. The van der Waals surface area contributed by atoms with Crippen LogP contribution in [0.1, 0.15) is 19.3 Å². The van der Waals surface area contributed by atoms with Crippen molar-refractivity contribution in [1.29, 1.82) is 0 Å². The molecule has 0 bridgehead atoms. The molecule has 2 saturated heterocycles. The van der Waals surface area contributed by atoms with Crippen molar-refractivity contribution >= 4 is 11.4 Å². The molecule has 1 unspecified atom stereocenters. The molecule has 0 amide bonds. The monoisotopic (exact) mass is 348 g/mol. The van der Waals surface area contributed by atoms with E-state index < -0.39 is 0 Å². The number of hydrogen-bond acceptors (Lipinski definition) is 6. The second-order valence-corrected chi connectivity index (χ2v) is 7.18. The molecule has 0 spiro atoms. The van der Waals surface area contributed by atoms with Gasteiger partial charge < -0.3 is 25.0 Å². The van der Waals surface area contributed by atoms with Gasteiger partial charge in [0.15, 0.2) is 0 Å². The van der Waals surface area contributed by atoms with E-state index in [0.717, 1.165) is 30.3 Å². The normalized spacial score (nSPS) is 23.3. The number of piperazine rings is 1. The summed E-state index contributed by atoms with van der Waals surface area (Å²) in [5, 5.41) is 0. The molecular formula is C19H32N4O2. The van der Waals surface area contributed by atoms with E-state index in [4.69, 9.17) is 15.2 Å². The lowest BCUT2D eigenvalue weighted by Gasteiger charge is -2.37. The molecule has 25 heavy (non-hydrogen) atoms. The Morgan fingerprint density at radius 1 is 0.920 bits per heavy atom. The molecule has 2 aliphatic heterocycles. The van der Waals surface area contributed by atoms with E-state index in [1.165, 1.54) is 45.4 Å². The molecule has 6 heteroatoms. The predicted molar refractivity (Wildman–Crippen MR) is 103 cm³/mol. The molecule has 0 aromatic heterocycles. The van der Waals surface area contributed by atoms with Crippen molar-refractivity contribution in [2.75, 3.05) is 71.2 Å². The second-order valence-electron chi connectivity index (χ2n) is 7.18. The van der Waals surface area contributed by atoms with Crippen molar-refractivity contribution in [3.05, 3.63) is 12.1 Å². The molecule has 0 radical (unpaired) electrons. The van der Waals surface area contributed by atoms with E-state index in [0.29, 0.717) is 11.7 Å². The average molecular weight is 348 g/mol. The number of methoxy groups -OCH3 is 2. The Balaban J connectivity index is 1.70. The molecule has 1 aromatic rings. The van der Waals surface area contributed by atoms with E-state index >= 15 is 0 Å². The van der Waals surface area contributed by atoms with Gasteiger partial charge in [-0.1, -0.05) is 0 Å². The zero-order chi connectivity index (χ0) is 17.8. The third-order valence-corrected chi connectivity index (χ3v) is 5.62. The number of nitrogens with two attached hydrogens (primary N) is 1. The topological polar surface area (TPSA) is 54.2 Å². The molecule has 2 N–H and O–H groups in total. The van der Waals surface area contributed by atoms with Gasteiger partial charge in [-0.25, -0.2) is 0 Å². The maximum atomic E-state index is 6.03. The van der Waals surface area contributed by atoms with Crippen LogP contribution >= 0.6 is 0 Å². The van der Waals surface area contributed by atoms with Crippen LogP contribution in [-0.2, 0) is 0 Å². The van der Waals surface area contributed by atoms with Crippen molar-refractivity contribution in [2.24, 2.45) is 0 Å². The summed E-state index contributed by atoms with van der Waals surface area (Å²) in [7, 11) is 5.58. The largest absolute Gasteiger partial charge is 0.495 e. The summed E-state index contributed by atoms with van der Waals surface area (Å²) in [4.78, 5) is 7.53. The van der Waals surface area contributed by atoms with E-state index in [2.05, 4.69) is 21.7 Å². The highest BCUT2D eigenvalue weighted by atomic mass is 16.5. The van der Waals surface area contributed by atoms with Crippen LogP contribution < -0.4 is 20.1 Å². The SMILES string of the molecule is COc1cc(N2CCCC(N3CCN(C)CC3)CC2)c(OC)cc1N. The van der Waals surface area contributed by atoms with E-state index in [1.807, 2.05) is 12.1 Å². The van der Waals surface area contributed by atoms with Gasteiger partial charge in [-0.15, -0.1) is 0 Å². The number of hydrogen-bond donors (Lipinski definition) is 1. The fraction of sp³-hybridized carbons (Fsp3) is 0.684. The highest BCUT2D eigenvalue weighted by Crippen LogP contribution is 2.38. The molecule has 2 aliphatic rings. The maximum absolute atomic E-state index is 6.03. The average Bonchev–Trinajstić information content (AvgIpc) is 2.88. The lowest BCUT2D eigenvalue weighted by atomic mass is 10.1. The van der Waals surface area contributed by atoms with Gasteiger partial charge in [-0.05, 0) is 26.3 Å². The summed E-state index contributed by atoms with van der Waals surface area (Å²) in [5.41, 5.74) is 7.74. The molecular weight excluding hydrogens is 316 g/mol. The Kier molecular flexibility index (Phi) is 5.91. The highest BCUT2D eigenvalue weighted by Gasteiger charge is 2.26. The molecule has 0 aliphatic carbocycles. The Morgan fingerprint density at radius 2 is 1.64 bits per heavy atom. The molecule has 1 aromatic carbocycles. The third kappa shape index (κ3) is 4.12. The van der Waals surface area contributed by atoms with Crippen LogP contribution in [0, 0.1) is 0 Å². The van der Waals surface area contributed by atoms with Gasteiger partial charge >= 0.3 is 0 Å². The minimum atomic E-state index is 0.619. The minimum Gasteiger partial charge on any atom is -0.495 e. The standard InChI is InChI=1S/C19H32N4O2/c1-21-9-11-22(12-10-21)15-5-4-7-23(8-6-15)17-14-18(24-2)16(20)13-19(17)25-3/h13-15H,4-12,20H2,1-3H3. The van der Waals surface area contributed by atoms with E-state index in [9.17, 15) is 0 Å². The zero-order valence-electron chi connectivity index (χ0n) is 15.8. The lowest BCUT2D eigenvalue weighted by Crippen LogP contribution is -2.49. The van der Waals surface area contributed by atoms with Gasteiger partial charge in [-0.3, -0.25) is 4.90 Å². The highest BCUT2D eigenvalue weighted by molar-refractivity contribution is 5.70. The van der Waals surface area contributed by atoms with E-state index in [1.54, 1.807) is 14.2 Å². The fourth-order valence-corrected chi connectivity index (χ4v) is 4.02. The molecule has 3 rings (SSSR count). The van der Waals surface area contributed by atoms with Crippen LogP contribution in [0.5, 0.6) is 11.5 Å². The van der Waals surface area contributed by atoms with Gasteiger partial charge in [0.05, 0.1) is 25.6 Å². The fourth-order valence-electron chi connectivity index (χ4n) is 4.02. The van der Waals surface area contributed by atoms with Crippen LogP contribution in [0.2, 0.25) is 0 Å². The summed E-state index contributed by atoms with van der Waals surface area (Å²) in [6.07, 6.45) is 3.67. The van der Waals surface area contributed by atoms with Crippen LogP contribution in [-0.4, -0.2) is 76.4 Å². The number of likely N-dealkylation sites (N-methyl/N-ethyl adjacent to an activating group) is 1. The molecule has 0 saturated carbocycles. The summed E-state index contributed by atoms with van der Waals surface area (Å²) in [6.45, 7) is 6.85. The van der Waals surface area contributed by atoms with Crippen molar-refractivity contribution in [1.82, 2.24) is 9.80 Å². The Labute approximate surface area is 151 Å². The number of rotatable bonds is 4. The lowest BCUT2D eigenvalue weighted by molar-refractivity contribution is 0.105. The Bertz CT molecular complexity index is 573. The van der Waals surface area contributed by atoms with Gasteiger partial charge in [0.1, 0.15) is 11.5 Å². The third-order valence-electron chi connectivity index (χ3n) is 5.62. The van der Waals surface area contributed by atoms with Gasteiger partial charge in [0.25, 0.3) is 0 Å². The van der Waals surface area contributed by atoms with Gasteiger partial charge in [0, 0.05) is 57.4 Å². The number of ether oxygens (including phenoxy) is 2. The predicted octanol–water partition coefficient (Wildman–Crippen LogP) is 1.89. The van der Waals surface area contributed by atoms with Gasteiger partial charge in [0.2, 0.25) is 0 Å². The van der Waals surface area contributed by atoms with Crippen LogP contribution in [0.25, 0.3) is 0 Å². The second kappa shape index (κ2) is 8.15. The first kappa shape index (κ1) is 18.1. The Morgan fingerprint density at radius 3 is 2.32 bits per heavy atom. The number of anilines is 2. The number of nitrogen functional groups attached to an aromatic ring is 1. The Hall–Kier alpha value is -1.66. The smallest absolute Gasteiger partial charge is 0.144 e. The molecule has 1 atom stereocenters. The van der Waals surface area contributed by atoms with Crippen molar-refractivity contribution in [3.8, 4) is 11.5 Å². The minimum absolute atomic E-state index is 0.619. The molecule has 2 fully saturated rings. The quantitative estimate of drug-likeness (QED) is 0.839. The van der Waals surface area contributed by atoms with Crippen molar-refractivity contribution < 1.29 is 9.47 Å². The first-order valence-corrected chi connectivity index (χ1v) is 9.31. The van der Waals surface area contributed by atoms with Gasteiger partial charge in [-0.2, -0.15) is 0 Å². The summed E-state index contributed by atoms with van der Waals surface area (Å²) < 4.78 is 11.0. The first-order chi connectivity index (χ1) is 12.1. The molecule has 140 valence electrons. The molecule has 2 heterocycles. The summed E-state index contributed by atoms with van der Waals surface area (Å²) in [6, 6.07) is 4.59. The summed E-state index contributed by atoms with van der Waals surface area (Å²) in [5.74, 6) is 1.55. The van der Waals surface area contributed by atoms with Crippen LogP contribution in [0.4, 0.5) is 11.4 Å². The summed E-state index contributed by atoms with van der Waals surface area (Å²) >= 11 is 0. The zero-order valence-corrected chi connectivity index (χ0v) is 15.8. The van der Waals surface area contributed by atoms with E-state index in [-0.39, 0.29) is 0 Å². The van der Waals surface area contributed by atoms with Crippen LogP contribution in [0.3, 0.4) is 0 Å². The van der Waals surface area contributed by atoms with Crippen molar-refractivity contribution in [3.63, 3.8) is 0 Å². The number of nitrogens with zero attached hydrogens (tertiary/aromatic N) is 3. The van der Waals surface area contributed by atoms with Crippen LogP contribution in [0.15, 0.2) is 12.1 Å².